The van der Waals surface area contributed by atoms with Gasteiger partial charge in [0, 0.05) is 18.8 Å². The van der Waals surface area contributed by atoms with Gasteiger partial charge < -0.3 is 0 Å². The van der Waals surface area contributed by atoms with Gasteiger partial charge in [0.15, 0.2) is 0 Å². The molecule has 0 amide bonds. The average molecular weight is 553 g/mol. The van der Waals surface area contributed by atoms with E-state index in [2.05, 4.69) is 4.98 Å². The molecule has 0 radical (unpaired) electrons. The van der Waals surface area contributed by atoms with Gasteiger partial charge in [-0.2, -0.15) is 74.6 Å². The predicted octanol–water partition coefficient (Wildman–Crippen LogP) is 7.80. The number of unbranched alkanes of at least 4 members (excludes halogenated alkanes) is 1. The molecular weight excluding hydrogens is 541 g/mol. The predicted molar refractivity (Wildman–Crippen MR) is 82.5 cm³/mol. The van der Waals surface area contributed by atoms with Crippen molar-refractivity contribution in [3.8, 4) is 0 Å². The van der Waals surface area contributed by atoms with Crippen LogP contribution in [0.1, 0.15) is 24.8 Å². The van der Waals surface area contributed by atoms with Crippen molar-refractivity contribution < 1.29 is 74.6 Å². The Balaban J connectivity index is 3.26. The third-order valence-electron chi connectivity index (χ3n) is 4.74. The molecule has 0 unspecified atom stereocenters. The van der Waals surface area contributed by atoms with Crippen LogP contribution in [0, 0.1) is 0 Å². The number of rotatable bonds is 11. The monoisotopic (exact) mass is 553 g/mol. The first kappa shape index (κ1) is 31.0. The fraction of sp³-hybridized carbons (Fsp3) is 0.706. The molecule has 0 atom stereocenters. The summed E-state index contributed by atoms with van der Waals surface area (Å²) in [6, 6.07) is 2.61. The highest BCUT2D eigenvalue weighted by Gasteiger charge is 2.95. The number of nitrogens with zero attached hydrogens (tertiary/aromatic N) is 1. The molecule has 0 saturated heterocycles. The maximum absolute atomic E-state index is 13.7. The van der Waals surface area contributed by atoms with E-state index in [0.717, 1.165) is 0 Å². The summed E-state index contributed by atoms with van der Waals surface area (Å²) in [4.78, 5) is 3.56. The minimum atomic E-state index is -8.59. The first-order valence-corrected chi connectivity index (χ1v) is 8.93. The van der Waals surface area contributed by atoms with Crippen molar-refractivity contribution in [1.29, 1.82) is 0 Å². The summed E-state index contributed by atoms with van der Waals surface area (Å²) in [7, 11) is 0. The van der Waals surface area contributed by atoms with Gasteiger partial charge in [0.05, 0.1) is 0 Å². The largest absolute Gasteiger partial charge is 0.460 e. The Bertz CT molecular complexity index is 844. The molecule has 35 heavy (non-hydrogen) atoms. The SMILES string of the molecule is FC(F)(F)C(F)(F)C(F)(F)C(F)(F)C(F)(F)C(F)(F)C(F)(F)C(F)(F)CCCCc1ccncc1. The van der Waals surface area contributed by atoms with Crippen molar-refractivity contribution in [1.82, 2.24) is 4.98 Å². The highest BCUT2D eigenvalue weighted by atomic mass is 19.4. The summed E-state index contributed by atoms with van der Waals surface area (Å²) in [6.45, 7) is 0. The molecule has 0 N–H and O–H groups in total. The molecule has 0 bridgehead atoms. The van der Waals surface area contributed by atoms with E-state index < -0.39 is 66.9 Å². The number of halogens is 17. The van der Waals surface area contributed by atoms with Crippen molar-refractivity contribution >= 4 is 0 Å². The Morgan fingerprint density at radius 2 is 0.857 bits per heavy atom. The Morgan fingerprint density at radius 1 is 0.486 bits per heavy atom. The molecule has 204 valence electrons. The topological polar surface area (TPSA) is 12.9 Å². The molecule has 1 aromatic rings. The van der Waals surface area contributed by atoms with Gasteiger partial charge >= 0.3 is 47.6 Å². The Morgan fingerprint density at radius 3 is 1.26 bits per heavy atom. The van der Waals surface area contributed by atoms with Crippen molar-refractivity contribution in [2.24, 2.45) is 0 Å². The average Bonchev–Trinajstić information content (AvgIpc) is 2.70. The van der Waals surface area contributed by atoms with Crippen LogP contribution in [0.15, 0.2) is 24.5 Å². The fourth-order valence-corrected chi connectivity index (χ4v) is 2.58. The summed E-state index contributed by atoms with van der Waals surface area (Å²) in [5, 5.41) is 0. The standard InChI is InChI=1S/C17H12F17N/c18-10(19,6-2-1-3-9-4-7-35-8-5-9)11(20,21)12(22,23)13(24,25)14(26,27)15(28,29)16(30,31)17(32,33)34/h4-5,7-8H,1-3,6H2. The van der Waals surface area contributed by atoms with Gasteiger partial charge in [-0.15, -0.1) is 0 Å². The van der Waals surface area contributed by atoms with Gasteiger partial charge in [0.2, 0.25) is 0 Å². The van der Waals surface area contributed by atoms with Crippen LogP contribution >= 0.6 is 0 Å². The van der Waals surface area contributed by atoms with E-state index in [1.165, 1.54) is 24.5 Å². The Labute approximate surface area is 184 Å². The zero-order valence-corrected chi connectivity index (χ0v) is 16.5. The smallest absolute Gasteiger partial charge is 0.265 e. The van der Waals surface area contributed by atoms with E-state index in [4.69, 9.17) is 0 Å². The first-order valence-electron chi connectivity index (χ1n) is 8.93. The summed E-state index contributed by atoms with van der Waals surface area (Å²) in [6.07, 6.45) is -9.57. The molecular formula is C17H12F17N. The van der Waals surface area contributed by atoms with Crippen LogP contribution in [0.25, 0.3) is 0 Å². The van der Waals surface area contributed by atoms with Gasteiger partial charge in [-0.3, -0.25) is 4.98 Å². The molecule has 0 saturated carbocycles. The molecule has 1 nitrogen and oxygen atoms in total. The summed E-state index contributed by atoms with van der Waals surface area (Å²) >= 11 is 0. The van der Waals surface area contributed by atoms with Crippen LogP contribution < -0.4 is 0 Å². The summed E-state index contributed by atoms with van der Waals surface area (Å²) in [5.74, 6) is -55.9. The second-order valence-corrected chi connectivity index (χ2v) is 7.21. The van der Waals surface area contributed by atoms with Gasteiger partial charge in [-0.05, 0) is 37.0 Å². The number of hydrogen-bond donors (Lipinski definition) is 0. The quantitative estimate of drug-likeness (QED) is 0.201. The highest BCUT2D eigenvalue weighted by Crippen LogP contribution is 2.64. The maximum atomic E-state index is 13.7. The van der Waals surface area contributed by atoms with Crippen molar-refractivity contribution in [3.63, 3.8) is 0 Å². The zero-order valence-electron chi connectivity index (χ0n) is 16.5. The van der Waals surface area contributed by atoms with Crippen molar-refractivity contribution in [2.45, 2.75) is 73.3 Å². The lowest BCUT2D eigenvalue weighted by molar-refractivity contribution is -0.461. The van der Waals surface area contributed by atoms with Crippen LogP contribution in [0.2, 0.25) is 0 Å². The number of hydrogen-bond acceptors (Lipinski definition) is 1. The van der Waals surface area contributed by atoms with Crippen LogP contribution in [-0.2, 0) is 6.42 Å². The van der Waals surface area contributed by atoms with Crippen LogP contribution in [0.3, 0.4) is 0 Å². The maximum Gasteiger partial charge on any atom is 0.460 e. The summed E-state index contributed by atoms with van der Waals surface area (Å²) < 4.78 is 224. The number of aromatic nitrogens is 1. The van der Waals surface area contributed by atoms with Gasteiger partial charge in [-0.1, -0.05) is 0 Å². The fourth-order valence-electron chi connectivity index (χ4n) is 2.58. The van der Waals surface area contributed by atoms with E-state index in [9.17, 15) is 74.6 Å². The summed E-state index contributed by atoms with van der Waals surface area (Å²) in [5.41, 5.74) is 0.361. The molecule has 0 aromatic carbocycles. The molecule has 0 spiro atoms. The van der Waals surface area contributed by atoms with E-state index in [0.29, 0.717) is 5.56 Å². The second-order valence-electron chi connectivity index (χ2n) is 7.21. The molecule has 1 aromatic heterocycles. The zero-order chi connectivity index (χ0) is 27.9. The minimum Gasteiger partial charge on any atom is -0.265 e. The lowest BCUT2D eigenvalue weighted by Crippen LogP contribution is -2.74. The minimum absolute atomic E-state index is 0.173. The first-order chi connectivity index (χ1) is 15.3. The van der Waals surface area contributed by atoms with Crippen molar-refractivity contribution in [3.05, 3.63) is 30.1 Å². The highest BCUT2D eigenvalue weighted by molar-refractivity contribution is 5.15. The molecule has 1 rings (SSSR count). The van der Waals surface area contributed by atoms with Crippen LogP contribution in [0.5, 0.6) is 0 Å². The van der Waals surface area contributed by atoms with E-state index >= 15 is 0 Å². The third-order valence-corrected chi connectivity index (χ3v) is 4.74. The van der Waals surface area contributed by atoms with Crippen LogP contribution in [-0.4, -0.2) is 52.6 Å². The molecule has 0 fully saturated rings. The van der Waals surface area contributed by atoms with Gasteiger partial charge in [0.1, 0.15) is 0 Å². The Kier molecular flexibility index (Phi) is 8.07. The number of aryl methyl sites for hydroxylation is 1. The molecule has 0 aliphatic heterocycles. The lowest BCUT2D eigenvalue weighted by Gasteiger charge is -2.42. The number of pyridine rings is 1. The molecule has 18 heteroatoms. The van der Waals surface area contributed by atoms with Crippen LogP contribution in [0.4, 0.5) is 74.6 Å². The molecule has 0 aliphatic carbocycles. The third kappa shape index (κ3) is 4.84. The van der Waals surface area contributed by atoms with E-state index in [1.807, 2.05) is 0 Å². The molecule has 1 heterocycles. The molecule has 0 aliphatic rings. The second kappa shape index (κ2) is 9.12. The number of alkyl halides is 17. The van der Waals surface area contributed by atoms with Crippen molar-refractivity contribution in [2.75, 3.05) is 0 Å². The normalized spacial score (nSPS) is 15.5. The lowest BCUT2D eigenvalue weighted by atomic mass is 9.87. The van der Waals surface area contributed by atoms with E-state index in [1.54, 1.807) is 0 Å². The van der Waals surface area contributed by atoms with E-state index in [-0.39, 0.29) is 6.42 Å². The Hall–Kier alpha value is -2.04. The van der Waals surface area contributed by atoms with Gasteiger partial charge in [0.25, 0.3) is 0 Å². The van der Waals surface area contributed by atoms with Gasteiger partial charge in [-0.25, -0.2) is 0 Å².